The van der Waals surface area contributed by atoms with Gasteiger partial charge in [0.1, 0.15) is 5.60 Å². The SMILES string of the molecule is Cc1cc(C)cc(C(C)(O)c2ccc(C(F)(F)F)cc2)c1. The van der Waals surface area contributed by atoms with Gasteiger partial charge in [-0.25, -0.2) is 0 Å². The summed E-state index contributed by atoms with van der Waals surface area (Å²) < 4.78 is 37.7. The van der Waals surface area contributed by atoms with Crippen molar-refractivity contribution in [1.82, 2.24) is 0 Å². The predicted molar refractivity (Wildman–Crippen MR) is 76.0 cm³/mol. The van der Waals surface area contributed by atoms with Crippen LogP contribution in [0.5, 0.6) is 0 Å². The van der Waals surface area contributed by atoms with Gasteiger partial charge in [-0.15, -0.1) is 0 Å². The van der Waals surface area contributed by atoms with Crippen molar-refractivity contribution in [3.8, 4) is 0 Å². The third-order valence-corrected chi connectivity index (χ3v) is 3.56. The van der Waals surface area contributed by atoms with E-state index in [1.54, 1.807) is 6.92 Å². The van der Waals surface area contributed by atoms with Crippen LogP contribution in [0.2, 0.25) is 0 Å². The Balaban J connectivity index is 2.43. The molecule has 1 unspecified atom stereocenters. The molecule has 0 heterocycles. The lowest BCUT2D eigenvalue weighted by Gasteiger charge is -2.26. The summed E-state index contributed by atoms with van der Waals surface area (Å²) in [6, 6.07) is 10.3. The molecule has 0 spiro atoms. The van der Waals surface area contributed by atoms with Crippen LogP contribution in [0.4, 0.5) is 13.2 Å². The van der Waals surface area contributed by atoms with Gasteiger partial charge in [0.2, 0.25) is 0 Å². The van der Waals surface area contributed by atoms with Crippen LogP contribution in [0.1, 0.15) is 34.7 Å². The molecule has 1 nitrogen and oxygen atoms in total. The lowest BCUT2D eigenvalue weighted by molar-refractivity contribution is -0.137. The standard InChI is InChI=1S/C17H17F3O/c1-11-8-12(2)10-15(9-11)16(3,21)13-4-6-14(7-5-13)17(18,19)20/h4-10,21H,1-3H3. The molecule has 0 aromatic heterocycles. The minimum Gasteiger partial charge on any atom is -0.381 e. The molecule has 1 atom stereocenters. The lowest BCUT2D eigenvalue weighted by atomic mass is 9.86. The summed E-state index contributed by atoms with van der Waals surface area (Å²) >= 11 is 0. The number of aryl methyl sites for hydroxylation is 2. The highest BCUT2D eigenvalue weighted by Gasteiger charge is 2.32. The van der Waals surface area contributed by atoms with E-state index < -0.39 is 17.3 Å². The number of benzene rings is 2. The molecule has 0 saturated heterocycles. The van der Waals surface area contributed by atoms with E-state index in [2.05, 4.69) is 0 Å². The normalized spacial score (nSPS) is 14.8. The molecule has 2 rings (SSSR count). The third kappa shape index (κ3) is 3.27. The summed E-state index contributed by atoms with van der Waals surface area (Å²) in [5.74, 6) is 0. The molecule has 2 aromatic rings. The fraction of sp³-hybridized carbons (Fsp3) is 0.294. The molecule has 0 aliphatic rings. The first-order valence-corrected chi connectivity index (χ1v) is 6.59. The maximum absolute atomic E-state index is 12.6. The second kappa shape index (κ2) is 5.19. The van der Waals surface area contributed by atoms with Crippen molar-refractivity contribution in [2.24, 2.45) is 0 Å². The molecule has 0 aliphatic heterocycles. The number of aliphatic hydroxyl groups is 1. The van der Waals surface area contributed by atoms with Crippen molar-refractivity contribution in [2.45, 2.75) is 32.5 Å². The fourth-order valence-electron chi connectivity index (χ4n) is 2.41. The topological polar surface area (TPSA) is 20.2 Å². The summed E-state index contributed by atoms with van der Waals surface area (Å²) in [4.78, 5) is 0. The Bertz CT molecular complexity index is 620. The summed E-state index contributed by atoms with van der Waals surface area (Å²) in [7, 11) is 0. The van der Waals surface area contributed by atoms with Crippen molar-refractivity contribution < 1.29 is 18.3 Å². The zero-order chi connectivity index (χ0) is 15.8. The molecular weight excluding hydrogens is 277 g/mol. The highest BCUT2D eigenvalue weighted by molar-refractivity contribution is 5.40. The maximum atomic E-state index is 12.6. The predicted octanol–water partition coefficient (Wildman–Crippen LogP) is 4.58. The van der Waals surface area contributed by atoms with Crippen LogP contribution in [-0.2, 0) is 11.8 Å². The monoisotopic (exact) mass is 294 g/mol. The highest BCUT2D eigenvalue weighted by Crippen LogP contribution is 2.34. The Kier molecular flexibility index (Phi) is 3.85. The van der Waals surface area contributed by atoms with E-state index in [1.807, 2.05) is 32.0 Å². The first kappa shape index (κ1) is 15.6. The van der Waals surface area contributed by atoms with Crippen molar-refractivity contribution in [2.75, 3.05) is 0 Å². The van der Waals surface area contributed by atoms with Gasteiger partial charge in [0.15, 0.2) is 0 Å². The second-order valence-corrected chi connectivity index (χ2v) is 5.52. The number of hydrogen-bond donors (Lipinski definition) is 1. The lowest BCUT2D eigenvalue weighted by Crippen LogP contribution is -2.23. The quantitative estimate of drug-likeness (QED) is 0.859. The molecule has 0 bridgehead atoms. The number of hydrogen-bond acceptors (Lipinski definition) is 1. The molecule has 0 radical (unpaired) electrons. The van der Waals surface area contributed by atoms with Gasteiger partial charge in [0.25, 0.3) is 0 Å². The van der Waals surface area contributed by atoms with Gasteiger partial charge in [-0.1, -0.05) is 41.5 Å². The van der Waals surface area contributed by atoms with Crippen LogP contribution < -0.4 is 0 Å². The average Bonchev–Trinajstić information content (AvgIpc) is 2.36. The van der Waals surface area contributed by atoms with E-state index in [9.17, 15) is 18.3 Å². The first-order valence-electron chi connectivity index (χ1n) is 6.59. The zero-order valence-electron chi connectivity index (χ0n) is 12.1. The molecule has 112 valence electrons. The zero-order valence-corrected chi connectivity index (χ0v) is 12.1. The molecular formula is C17H17F3O. The van der Waals surface area contributed by atoms with Crippen LogP contribution in [0.15, 0.2) is 42.5 Å². The van der Waals surface area contributed by atoms with Crippen molar-refractivity contribution in [3.05, 3.63) is 70.3 Å². The number of halogens is 3. The van der Waals surface area contributed by atoms with Gasteiger partial charge >= 0.3 is 6.18 Å². The van der Waals surface area contributed by atoms with Gasteiger partial charge in [-0.05, 0) is 44.0 Å². The van der Waals surface area contributed by atoms with E-state index in [0.29, 0.717) is 11.1 Å². The van der Waals surface area contributed by atoms with Crippen LogP contribution in [0.25, 0.3) is 0 Å². The van der Waals surface area contributed by atoms with E-state index in [4.69, 9.17) is 0 Å². The Hall–Kier alpha value is -1.81. The summed E-state index contributed by atoms with van der Waals surface area (Å²) in [5.41, 5.74) is 1.04. The number of alkyl halides is 3. The molecule has 0 aliphatic carbocycles. The second-order valence-electron chi connectivity index (χ2n) is 5.52. The third-order valence-electron chi connectivity index (χ3n) is 3.56. The molecule has 0 amide bonds. The van der Waals surface area contributed by atoms with Gasteiger partial charge in [-0.3, -0.25) is 0 Å². The van der Waals surface area contributed by atoms with Gasteiger partial charge < -0.3 is 5.11 Å². The van der Waals surface area contributed by atoms with Crippen LogP contribution >= 0.6 is 0 Å². The van der Waals surface area contributed by atoms with Crippen LogP contribution in [0.3, 0.4) is 0 Å². The van der Waals surface area contributed by atoms with Gasteiger partial charge in [0.05, 0.1) is 5.56 Å². The minimum absolute atomic E-state index is 0.431. The molecule has 21 heavy (non-hydrogen) atoms. The van der Waals surface area contributed by atoms with E-state index in [0.717, 1.165) is 23.3 Å². The van der Waals surface area contributed by atoms with Crippen LogP contribution in [0, 0.1) is 13.8 Å². The number of rotatable bonds is 2. The Morgan fingerprint density at radius 2 is 1.19 bits per heavy atom. The highest BCUT2D eigenvalue weighted by atomic mass is 19.4. The molecule has 2 aromatic carbocycles. The molecule has 0 saturated carbocycles. The van der Waals surface area contributed by atoms with Gasteiger partial charge in [0, 0.05) is 0 Å². The van der Waals surface area contributed by atoms with Crippen molar-refractivity contribution >= 4 is 0 Å². The fourth-order valence-corrected chi connectivity index (χ4v) is 2.41. The van der Waals surface area contributed by atoms with E-state index in [-0.39, 0.29) is 0 Å². The smallest absolute Gasteiger partial charge is 0.381 e. The molecule has 1 N–H and O–H groups in total. The largest absolute Gasteiger partial charge is 0.416 e. The molecule has 4 heteroatoms. The maximum Gasteiger partial charge on any atom is 0.416 e. The van der Waals surface area contributed by atoms with E-state index >= 15 is 0 Å². The minimum atomic E-state index is -4.37. The first-order chi connectivity index (χ1) is 9.60. The van der Waals surface area contributed by atoms with Crippen molar-refractivity contribution in [3.63, 3.8) is 0 Å². The summed E-state index contributed by atoms with van der Waals surface area (Å²) in [6.07, 6.45) is -4.37. The van der Waals surface area contributed by atoms with Gasteiger partial charge in [-0.2, -0.15) is 13.2 Å². The van der Waals surface area contributed by atoms with Crippen LogP contribution in [-0.4, -0.2) is 5.11 Å². The van der Waals surface area contributed by atoms with E-state index in [1.165, 1.54) is 12.1 Å². The Morgan fingerprint density at radius 1 is 0.762 bits per heavy atom. The van der Waals surface area contributed by atoms with Crippen molar-refractivity contribution in [1.29, 1.82) is 0 Å². The molecule has 0 fully saturated rings. The summed E-state index contributed by atoms with van der Waals surface area (Å²) in [5, 5.41) is 10.7. The Morgan fingerprint density at radius 3 is 1.62 bits per heavy atom. The average molecular weight is 294 g/mol. The Labute approximate surface area is 122 Å². The summed E-state index contributed by atoms with van der Waals surface area (Å²) in [6.45, 7) is 5.42.